The summed E-state index contributed by atoms with van der Waals surface area (Å²) in [6.45, 7) is 3.59. The van der Waals surface area contributed by atoms with Crippen LogP contribution >= 0.6 is 23.7 Å². The number of hydrogen-bond donors (Lipinski definition) is 2. The van der Waals surface area contributed by atoms with Gasteiger partial charge in [0.15, 0.2) is 0 Å². The van der Waals surface area contributed by atoms with Crippen LogP contribution in [0, 0.1) is 0 Å². The van der Waals surface area contributed by atoms with Crippen molar-refractivity contribution in [1.82, 2.24) is 15.6 Å². The van der Waals surface area contributed by atoms with Crippen molar-refractivity contribution >= 4 is 29.7 Å². The molecule has 6 heteroatoms. The lowest BCUT2D eigenvalue weighted by atomic mass is 10.2. The average molecular weight is 276 g/mol. The second kappa shape index (κ2) is 6.93. The van der Waals surface area contributed by atoms with Crippen molar-refractivity contribution < 1.29 is 4.79 Å². The Morgan fingerprint density at radius 1 is 1.71 bits per heavy atom. The molecule has 0 unspecified atom stereocenters. The van der Waals surface area contributed by atoms with Gasteiger partial charge >= 0.3 is 0 Å². The molecule has 17 heavy (non-hydrogen) atoms. The molecule has 1 aliphatic heterocycles. The summed E-state index contributed by atoms with van der Waals surface area (Å²) < 4.78 is 0. The van der Waals surface area contributed by atoms with Crippen LogP contribution in [-0.2, 0) is 17.8 Å². The Bertz CT molecular complexity index is 363. The number of amides is 1. The molecule has 1 saturated heterocycles. The fourth-order valence-electron chi connectivity index (χ4n) is 1.80. The van der Waals surface area contributed by atoms with E-state index in [0.29, 0.717) is 6.54 Å². The van der Waals surface area contributed by atoms with Gasteiger partial charge in [0, 0.05) is 5.38 Å². The van der Waals surface area contributed by atoms with E-state index in [-0.39, 0.29) is 24.4 Å². The SMILES string of the molecule is CCc1nc(CNC(=O)[C@@H]2CCCN2)cs1.Cl. The molecule has 1 aliphatic rings. The fourth-order valence-corrected chi connectivity index (χ4v) is 2.55. The van der Waals surface area contributed by atoms with Gasteiger partial charge in [-0.3, -0.25) is 4.79 Å². The van der Waals surface area contributed by atoms with Crippen molar-refractivity contribution in [3.8, 4) is 0 Å². The summed E-state index contributed by atoms with van der Waals surface area (Å²) in [6, 6.07) is 0.00396. The number of halogens is 1. The van der Waals surface area contributed by atoms with Crippen LogP contribution in [0.4, 0.5) is 0 Å². The maximum atomic E-state index is 11.7. The van der Waals surface area contributed by atoms with E-state index in [2.05, 4.69) is 22.5 Å². The highest BCUT2D eigenvalue weighted by Crippen LogP contribution is 2.10. The topological polar surface area (TPSA) is 54.0 Å². The van der Waals surface area contributed by atoms with E-state index in [1.807, 2.05) is 5.38 Å². The highest BCUT2D eigenvalue weighted by molar-refractivity contribution is 7.09. The van der Waals surface area contributed by atoms with Crippen LogP contribution in [-0.4, -0.2) is 23.5 Å². The van der Waals surface area contributed by atoms with E-state index in [4.69, 9.17) is 0 Å². The van der Waals surface area contributed by atoms with Crippen LogP contribution in [0.5, 0.6) is 0 Å². The molecule has 2 N–H and O–H groups in total. The van der Waals surface area contributed by atoms with E-state index in [1.165, 1.54) is 0 Å². The van der Waals surface area contributed by atoms with Crippen LogP contribution in [0.25, 0.3) is 0 Å². The smallest absolute Gasteiger partial charge is 0.237 e. The minimum Gasteiger partial charge on any atom is -0.349 e. The number of nitrogens with zero attached hydrogens (tertiary/aromatic N) is 1. The number of thiazole rings is 1. The van der Waals surface area contributed by atoms with Gasteiger partial charge in [0.2, 0.25) is 5.91 Å². The molecule has 0 aliphatic carbocycles. The zero-order chi connectivity index (χ0) is 11.4. The fraction of sp³-hybridized carbons (Fsp3) is 0.636. The summed E-state index contributed by atoms with van der Waals surface area (Å²) >= 11 is 1.66. The molecule has 0 spiro atoms. The minimum absolute atomic E-state index is 0. The first-order valence-corrected chi connectivity index (χ1v) is 6.62. The molecule has 0 aromatic carbocycles. The number of hydrogen-bond acceptors (Lipinski definition) is 4. The Hall–Kier alpha value is -0.650. The summed E-state index contributed by atoms with van der Waals surface area (Å²) in [5, 5.41) is 9.24. The van der Waals surface area contributed by atoms with E-state index in [9.17, 15) is 4.79 Å². The maximum absolute atomic E-state index is 11.7. The number of carbonyl (C=O) groups excluding carboxylic acids is 1. The van der Waals surface area contributed by atoms with Crippen molar-refractivity contribution in [3.63, 3.8) is 0 Å². The first-order chi connectivity index (χ1) is 7.79. The van der Waals surface area contributed by atoms with Gasteiger partial charge in [-0.05, 0) is 25.8 Å². The highest BCUT2D eigenvalue weighted by Gasteiger charge is 2.21. The van der Waals surface area contributed by atoms with Gasteiger partial charge in [-0.2, -0.15) is 0 Å². The minimum atomic E-state index is 0. The summed E-state index contributed by atoms with van der Waals surface area (Å²) in [4.78, 5) is 16.1. The molecule has 0 radical (unpaired) electrons. The van der Waals surface area contributed by atoms with Crippen LogP contribution in [0.3, 0.4) is 0 Å². The van der Waals surface area contributed by atoms with Gasteiger partial charge in [-0.15, -0.1) is 23.7 Å². The third-order valence-electron chi connectivity index (χ3n) is 2.72. The summed E-state index contributed by atoms with van der Waals surface area (Å²) in [6.07, 6.45) is 3.00. The first kappa shape index (κ1) is 14.4. The van der Waals surface area contributed by atoms with Gasteiger partial charge < -0.3 is 10.6 Å². The Morgan fingerprint density at radius 3 is 3.12 bits per heavy atom. The largest absolute Gasteiger partial charge is 0.349 e. The molecule has 1 atom stereocenters. The molecule has 0 saturated carbocycles. The van der Waals surface area contributed by atoms with E-state index in [1.54, 1.807) is 11.3 Å². The van der Waals surface area contributed by atoms with Crippen LogP contribution in [0.2, 0.25) is 0 Å². The van der Waals surface area contributed by atoms with Crippen molar-refractivity contribution in [2.45, 2.75) is 38.8 Å². The Kier molecular flexibility index (Phi) is 5.88. The van der Waals surface area contributed by atoms with Crippen LogP contribution < -0.4 is 10.6 Å². The quantitative estimate of drug-likeness (QED) is 0.876. The molecule has 2 rings (SSSR count). The monoisotopic (exact) mass is 275 g/mol. The normalized spacial score (nSPS) is 18.8. The third kappa shape index (κ3) is 3.94. The standard InChI is InChI=1S/C11H17N3OS.ClH/c1-2-10-14-8(7-16-10)6-13-11(15)9-4-3-5-12-9;/h7,9,12H,2-6H2,1H3,(H,13,15);1H/t9-;/m0./s1. The predicted molar refractivity (Wildman–Crippen MR) is 71.6 cm³/mol. The van der Waals surface area contributed by atoms with E-state index >= 15 is 0 Å². The molecule has 1 aromatic heterocycles. The van der Waals surface area contributed by atoms with E-state index in [0.717, 1.165) is 36.5 Å². The molecular weight excluding hydrogens is 258 g/mol. The lowest BCUT2D eigenvalue weighted by Gasteiger charge is -2.09. The van der Waals surface area contributed by atoms with E-state index < -0.39 is 0 Å². The zero-order valence-electron chi connectivity index (χ0n) is 9.86. The lowest BCUT2D eigenvalue weighted by molar-refractivity contribution is -0.122. The van der Waals surface area contributed by atoms with Gasteiger partial charge in [0.1, 0.15) is 0 Å². The number of aromatic nitrogens is 1. The molecule has 0 bridgehead atoms. The molecular formula is C11H18ClN3OS. The lowest BCUT2D eigenvalue weighted by Crippen LogP contribution is -2.40. The zero-order valence-corrected chi connectivity index (χ0v) is 11.5. The summed E-state index contributed by atoms with van der Waals surface area (Å²) in [5.41, 5.74) is 0.966. The number of carbonyl (C=O) groups is 1. The van der Waals surface area contributed by atoms with Gasteiger partial charge in [-0.25, -0.2) is 4.98 Å². The van der Waals surface area contributed by atoms with Crippen molar-refractivity contribution in [3.05, 3.63) is 16.1 Å². The van der Waals surface area contributed by atoms with Gasteiger partial charge in [0.05, 0.1) is 23.3 Å². The highest BCUT2D eigenvalue weighted by atomic mass is 35.5. The van der Waals surface area contributed by atoms with Crippen molar-refractivity contribution in [2.75, 3.05) is 6.54 Å². The maximum Gasteiger partial charge on any atom is 0.237 e. The Labute approximate surface area is 112 Å². The molecule has 1 fully saturated rings. The Balaban J connectivity index is 0.00000144. The predicted octanol–water partition coefficient (Wildman–Crippen LogP) is 1.50. The second-order valence-corrected chi connectivity index (χ2v) is 4.90. The average Bonchev–Trinajstić information content (AvgIpc) is 2.96. The number of nitrogens with one attached hydrogen (secondary N) is 2. The third-order valence-corrected chi connectivity index (χ3v) is 3.76. The second-order valence-electron chi connectivity index (χ2n) is 3.95. The first-order valence-electron chi connectivity index (χ1n) is 5.74. The van der Waals surface area contributed by atoms with Gasteiger partial charge in [0.25, 0.3) is 0 Å². The summed E-state index contributed by atoms with van der Waals surface area (Å²) in [5.74, 6) is 0.101. The molecule has 96 valence electrons. The number of aryl methyl sites for hydroxylation is 1. The summed E-state index contributed by atoms with van der Waals surface area (Å²) in [7, 11) is 0. The Morgan fingerprint density at radius 2 is 2.53 bits per heavy atom. The van der Waals surface area contributed by atoms with Crippen molar-refractivity contribution in [2.24, 2.45) is 0 Å². The molecule has 1 aromatic rings. The van der Waals surface area contributed by atoms with Crippen LogP contribution in [0.15, 0.2) is 5.38 Å². The van der Waals surface area contributed by atoms with Crippen molar-refractivity contribution in [1.29, 1.82) is 0 Å². The molecule has 1 amide bonds. The van der Waals surface area contributed by atoms with Gasteiger partial charge in [-0.1, -0.05) is 6.92 Å². The molecule has 4 nitrogen and oxygen atoms in total. The molecule has 2 heterocycles. The van der Waals surface area contributed by atoms with Crippen LogP contribution in [0.1, 0.15) is 30.5 Å². The number of rotatable bonds is 4.